The van der Waals surface area contributed by atoms with Crippen LogP contribution in [0.3, 0.4) is 0 Å². The first-order chi connectivity index (χ1) is 15.5. The molecular formula is C29H46OSiSn. The number of rotatable bonds is 15. The van der Waals surface area contributed by atoms with Gasteiger partial charge in [-0.15, -0.1) is 0 Å². The van der Waals surface area contributed by atoms with E-state index in [4.69, 9.17) is 4.43 Å². The number of allylic oxidation sites excluding steroid dienone is 1. The Morgan fingerprint density at radius 1 is 0.750 bits per heavy atom. The first-order valence-corrected chi connectivity index (χ1v) is 23.4. The van der Waals surface area contributed by atoms with Crippen LogP contribution in [-0.4, -0.2) is 26.7 Å². The SMILES string of the molecule is CCC[CH2][Sn]([CH2]CCC)([CH2]CCC)/[C](=C/Cc1ccccc1)O[Si](C)(C)c1ccccc1. The van der Waals surface area contributed by atoms with Crippen LogP contribution >= 0.6 is 0 Å². The van der Waals surface area contributed by atoms with Crippen LogP contribution in [0.2, 0.25) is 26.4 Å². The Hall–Kier alpha value is -1.00. The second-order valence-electron chi connectivity index (χ2n) is 9.83. The van der Waals surface area contributed by atoms with Crippen LogP contribution in [0.1, 0.15) is 64.9 Å². The molecule has 0 heterocycles. The van der Waals surface area contributed by atoms with Crippen molar-refractivity contribution in [2.45, 2.75) is 92.1 Å². The molecule has 32 heavy (non-hydrogen) atoms. The molecule has 0 radical (unpaired) electrons. The predicted molar refractivity (Wildman–Crippen MR) is 148 cm³/mol. The fourth-order valence-electron chi connectivity index (χ4n) is 4.65. The quantitative estimate of drug-likeness (QED) is 0.157. The first kappa shape index (κ1) is 27.2. The Morgan fingerprint density at radius 2 is 1.22 bits per heavy atom. The third kappa shape index (κ3) is 8.41. The molecule has 0 amide bonds. The second kappa shape index (κ2) is 14.3. The summed E-state index contributed by atoms with van der Waals surface area (Å²) in [6.07, 6.45) is 11.5. The van der Waals surface area contributed by atoms with E-state index in [1.165, 1.54) is 66.4 Å². The molecule has 0 unspecified atom stereocenters. The fourth-order valence-corrected chi connectivity index (χ4v) is 25.3. The third-order valence-corrected chi connectivity index (χ3v) is 24.9. The standard InChI is InChI=1S/C17H19OSi.3C4H9.Sn/c1-19(2,17-13-7-4-8-14-17)18-15-9-12-16-10-5-3-6-11-16;3*1-3-4-2;/h3-11,13-14H,12H2,1-2H3;3*1,3-4H2,2H3;. The van der Waals surface area contributed by atoms with Gasteiger partial charge < -0.3 is 0 Å². The van der Waals surface area contributed by atoms with E-state index < -0.39 is 26.7 Å². The van der Waals surface area contributed by atoms with Crippen molar-refractivity contribution in [1.29, 1.82) is 0 Å². The number of benzene rings is 2. The zero-order chi connectivity index (χ0) is 23.3. The molecule has 0 atom stereocenters. The van der Waals surface area contributed by atoms with Gasteiger partial charge in [-0.2, -0.15) is 0 Å². The Morgan fingerprint density at radius 3 is 1.69 bits per heavy atom. The maximum atomic E-state index is 7.30. The molecular weight excluding hydrogens is 511 g/mol. The molecule has 0 spiro atoms. The summed E-state index contributed by atoms with van der Waals surface area (Å²) in [4.78, 5) is 0. The second-order valence-corrected chi connectivity index (χ2v) is 26.6. The van der Waals surface area contributed by atoms with Gasteiger partial charge in [0.15, 0.2) is 0 Å². The topological polar surface area (TPSA) is 9.23 Å². The minimum atomic E-state index is -2.67. The zero-order valence-electron chi connectivity index (χ0n) is 21.3. The molecule has 0 fully saturated rings. The van der Waals surface area contributed by atoms with Crippen LogP contribution in [0, 0.1) is 0 Å². The van der Waals surface area contributed by atoms with Gasteiger partial charge in [-0.3, -0.25) is 0 Å². The number of hydrogen-bond acceptors (Lipinski definition) is 1. The molecule has 0 N–H and O–H groups in total. The van der Waals surface area contributed by atoms with Gasteiger partial charge in [0, 0.05) is 0 Å². The van der Waals surface area contributed by atoms with E-state index in [0.717, 1.165) is 6.42 Å². The molecule has 0 saturated heterocycles. The molecule has 0 aliphatic rings. The van der Waals surface area contributed by atoms with E-state index in [9.17, 15) is 0 Å². The third-order valence-electron chi connectivity index (χ3n) is 6.75. The van der Waals surface area contributed by atoms with Gasteiger partial charge in [-0.25, -0.2) is 0 Å². The summed E-state index contributed by atoms with van der Waals surface area (Å²) in [6, 6.07) is 22.0. The molecule has 1 nitrogen and oxygen atoms in total. The normalized spacial score (nSPS) is 12.7. The van der Waals surface area contributed by atoms with Crippen molar-refractivity contribution >= 4 is 31.9 Å². The Balaban J connectivity index is 2.49. The van der Waals surface area contributed by atoms with E-state index in [1.807, 2.05) is 0 Å². The maximum absolute atomic E-state index is 7.30. The summed E-state index contributed by atoms with van der Waals surface area (Å²) in [6.45, 7) is 11.9. The number of unbranched alkanes of at least 4 members (excludes halogenated alkanes) is 3. The van der Waals surface area contributed by atoms with Gasteiger partial charge in [0.2, 0.25) is 0 Å². The van der Waals surface area contributed by atoms with E-state index in [1.54, 1.807) is 0 Å². The summed E-state index contributed by atoms with van der Waals surface area (Å²) in [5, 5.41) is 1.41. The van der Waals surface area contributed by atoms with E-state index in [0.29, 0.717) is 0 Å². The van der Waals surface area contributed by atoms with Crippen molar-refractivity contribution in [2.75, 3.05) is 0 Å². The van der Waals surface area contributed by atoms with E-state index in [-0.39, 0.29) is 0 Å². The monoisotopic (exact) mass is 558 g/mol. The van der Waals surface area contributed by atoms with Gasteiger partial charge in [0.05, 0.1) is 0 Å². The summed E-state index contributed by atoms with van der Waals surface area (Å²) in [5.41, 5.74) is 1.40. The molecule has 0 bridgehead atoms. The van der Waals surface area contributed by atoms with Crippen molar-refractivity contribution < 1.29 is 4.43 Å². The van der Waals surface area contributed by atoms with E-state index in [2.05, 4.69) is 101 Å². The summed E-state index contributed by atoms with van der Waals surface area (Å²) in [7, 11) is -2.02. The minimum absolute atomic E-state index is 0.999. The fraction of sp³-hybridized carbons (Fsp3) is 0.517. The molecule has 176 valence electrons. The summed E-state index contributed by atoms with van der Waals surface area (Å²) < 4.78 is 13.1. The molecule has 2 rings (SSSR count). The zero-order valence-corrected chi connectivity index (χ0v) is 25.2. The first-order valence-electron chi connectivity index (χ1n) is 13.0. The van der Waals surface area contributed by atoms with Crippen LogP contribution in [0.25, 0.3) is 0 Å². The molecule has 2 aromatic carbocycles. The Labute approximate surface area is 203 Å². The van der Waals surface area contributed by atoms with Crippen LogP contribution in [-0.2, 0) is 10.8 Å². The van der Waals surface area contributed by atoms with Crippen LogP contribution in [0.4, 0.5) is 0 Å². The van der Waals surface area contributed by atoms with Crippen molar-refractivity contribution in [3.05, 3.63) is 76.1 Å². The van der Waals surface area contributed by atoms with Gasteiger partial charge in [0.25, 0.3) is 0 Å². The summed E-state index contributed by atoms with van der Waals surface area (Å²) in [5.74, 6) is 0. The van der Waals surface area contributed by atoms with Crippen LogP contribution < -0.4 is 5.19 Å². The Bertz CT molecular complexity index is 764. The van der Waals surface area contributed by atoms with Gasteiger partial charge >= 0.3 is 205 Å². The summed E-state index contributed by atoms with van der Waals surface area (Å²) >= 11 is -2.67. The average molecular weight is 557 g/mol. The van der Waals surface area contributed by atoms with Gasteiger partial charge in [-0.05, 0) is 0 Å². The molecule has 0 aliphatic heterocycles. The van der Waals surface area contributed by atoms with Crippen molar-refractivity contribution in [2.24, 2.45) is 0 Å². The molecule has 0 saturated carbocycles. The molecule has 3 heteroatoms. The van der Waals surface area contributed by atoms with Crippen LogP contribution in [0.15, 0.2) is 70.5 Å². The van der Waals surface area contributed by atoms with Gasteiger partial charge in [-0.1, -0.05) is 0 Å². The van der Waals surface area contributed by atoms with Crippen molar-refractivity contribution in [3.63, 3.8) is 0 Å². The molecule has 0 aliphatic carbocycles. The van der Waals surface area contributed by atoms with Crippen molar-refractivity contribution in [3.8, 4) is 0 Å². The average Bonchev–Trinajstić information content (AvgIpc) is 2.83. The Kier molecular flexibility index (Phi) is 12.2. The van der Waals surface area contributed by atoms with E-state index >= 15 is 0 Å². The predicted octanol–water partition coefficient (Wildman–Crippen LogP) is 8.63. The van der Waals surface area contributed by atoms with Crippen molar-refractivity contribution in [1.82, 2.24) is 0 Å². The van der Waals surface area contributed by atoms with Gasteiger partial charge in [0.1, 0.15) is 0 Å². The number of hydrogen-bond donors (Lipinski definition) is 0. The molecule has 2 aromatic rings. The van der Waals surface area contributed by atoms with Crippen LogP contribution in [0.5, 0.6) is 0 Å². The molecule has 0 aromatic heterocycles.